The lowest BCUT2D eigenvalue weighted by atomic mass is 10.2. The first-order valence-electron chi connectivity index (χ1n) is 7.20. The van der Waals surface area contributed by atoms with Gasteiger partial charge in [0, 0.05) is 20.3 Å². The summed E-state index contributed by atoms with van der Waals surface area (Å²) in [5.74, 6) is -0.873. The fourth-order valence-corrected chi connectivity index (χ4v) is 2.02. The van der Waals surface area contributed by atoms with Gasteiger partial charge in [-0.15, -0.1) is 0 Å². The molecule has 24 heavy (non-hydrogen) atoms. The van der Waals surface area contributed by atoms with Crippen LogP contribution in [0.15, 0.2) is 41.2 Å². The molecule has 0 aliphatic carbocycles. The summed E-state index contributed by atoms with van der Waals surface area (Å²) in [5, 5.41) is 6.61. The first kappa shape index (κ1) is 17.8. The Hall–Kier alpha value is -2.58. The number of halogens is 1. The summed E-state index contributed by atoms with van der Waals surface area (Å²) in [6.07, 6.45) is -0.577. The van der Waals surface area contributed by atoms with Crippen molar-refractivity contribution in [1.82, 2.24) is 15.1 Å². The predicted octanol–water partition coefficient (Wildman–Crippen LogP) is 0.779. The minimum Gasteiger partial charge on any atom is -0.354 e. The number of methoxy groups -OCH3 is 2. The van der Waals surface area contributed by atoms with Gasteiger partial charge < -0.3 is 14.8 Å². The second-order valence-electron chi connectivity index (χ2n) is 4.96. The number of amides is 1. The smallest absolute Gasteiger partial charge is 0.271 e. The fourth-order valence-electron chi connectivity index (χ4n) is 2.02. The van der Waals surface area contributed by atoms with E-state index in [2.05, 4.69) is 10.4 Å². The number of carbonyl (C=O) groups excluding carboxylic acids is 1. The molecular weight excluding hydrogens is 317 g/mol. The van der Waals surface area contributed by atoms with Crippen LogP contribution < -0.4 is 10.9 Å². The molecule has 0 unspecified atom stereocenters. The third kappa shape index (κ3) is 4.71. The largest absolute Gasteiger partial charge is 0.354 e. The van der Waals surface area contributed by atoms with E-state index in [9.17, 15) is 14.0 Å². The van der Waals surface area contributed by atoms with Crippen LogP contribution in [0, 0.1) is 5.82 Å². The van der Waals surface area contributed by atoms with Gasteiger partial charge in [-0.2, -0.15) is 5.10 Å². The van der Waals surface area contributed by atoms with Crippen LogP contribution >= 0.6 is 0 Å². The van der Waals surface area contributed by atoms with Crippen LogP contribution in [0.1, 0.15) is 16.1 Å². The van der Waals surface area contributed by atoms with Gasteiger partial charge >= 0.3 is 0 Å². The highest BCUT2D eigenvalue weighted by atomic mass is 19.1. The van der Waals surface area contributed by atoms with E-state index in [0.29, 0.717) is 5.56 Å². The maximum absolute atomic E-state index is 13.2. The fraction of sp³-hybridized carbons (Fsp3) is 0.312. The van der Waals surface area contributed by atoms with Gasteiger partial charge in [-0.05, 0) is 23.8 Å². The molecular formula is C16H18FN3O4. The lowest BCUT2D eigenvalue weighted by molar-refractivity contribution is -0.0974. The summed E-state index contributed by atoms with van der Waals surface area (Å²) in [6, 6.07) is 8.40. The van der Waals surface area contributed by atoms with E-state index in [1.165, 1.54) is 38.5 Å². The maximum atomic E-state index is 13.2. The lowest BCUT2D eigenvalue weighted by Gasteiger charge is -2.14. The van der Waals surface area contributed by atoms with Crippen molar-refractivity contribution in [3.05, 3.63) is 63.8 Å². The first-order chi connectivity index (χ1) is 11.5. The van der Waals surface area contributed by atoms with Crippen molar-refractivity contribution in [1.29, 1.82) is 0 Å². The standard InChI is InChI=1S/C16H18FN3O4/c1-23-15(24-2)9-18-16(22)13-6-7-14(21)20(19-13)10-11-4-3-5-12(17)8-11/h3-8,15H,9-10H2,1-2H3,(H,18,22). The van der Waals surface area contributed by atoms with Gasteiger partial charge in [-0.1, -0.05) is 12.1 Å². The van der Waals surface area contributed by atoms with Crippen molar-refractivity contribution in [3.63, 3.8) is 0 Å². The molecule has 1 aromatic heterocycles. The van der Waals surface area contributed by atoms with Gasteiger partial charge in [0.25, 0.3) is 11.5 Å². The van der Waals surface area contributed by atoms with Crippen molar-refractivity contribution in [2.24, 2.45) is 0 Å². The predicted molar refractivity (Wildman–Crippen MR) is 84.1 cm³/mol. The molecule has 1 N–H and O–H groups in total. The zero-order valence-electron chi connectivity index (χ0n) is 13.4. The topological polar surface area (TPSA) is 82.5 Å². The Kier molecular flexibility index (Phi) is 6.16. The highest BCUT2D eigenvalue weighted by Gasteiger charge is 2.12. The number of rotatable bonds is 7. The van der Waals surface area contributed by atoms with E-state index in [1.807, 2.05) is 0 Å². The summed E-state index contributed by atoms with van der Waals surface area (Å²) in [4.78, 5) is 24.0. The highest BCUT2D eigenvalue weighted by Crippen LogP contribution is 2.04. The number of aromatic nitrogens is 2. The van der Waals surface area contributed by atoms with Crippen LogP contribution in [0.5, 0.6) is 0 Å². The molecule has 2 rings (SSSR count). The van der Waals surface area contributed by atoms with Crippen LogP contribution in [-0.4, -0.2) is 42.7 Å². The molecule has 0 fully saturated rings. The second kappa shape index (κ2) is 8.32. The average Bonchev–Trinajstić information content (AvgIpc) is 2.57. The van der Waals surface area contributed by atoms with Crippen molar-refractivity contribution < 1.29 is 18.7 Å². The lowest BCUT2D eigenvalue weighted by Crippen LogP contribution is -2.36. The Bertz CT molecular complexity index is 759. The minimum atomic E-state index is -0.577. The van der Waals surface area contributed by atoms with E-state index in [4.69, 9.17) is 9.47 Å². The third-order valence-electron chi connectivity index (χ3n) is 3.28. The molecule has 0 aliphatic heterocycles. The molecule has 0 spiro atoms. The monoisotopic (exact) mass is 335 g/mol. The zero-order valence-corrected chi connectivity index (χ0v) is 13.4. The Morgan fingerprint density at radius 1 is 1.29 bits per heavy atom. The Morgan fingerprint density at radius 2 is 2.04 bits per heavy atom. The highest BCUT2D eigenvalue weighted by molar-refractivity contribution is 5.91. The summed E-state index contributed by atoms with van der Waals surface area (Å²) in [7, 11) is 2.91. The molecule has 8 heteroatoms. The van der Waals surface area contributed by atoms with E-state index in [-0.39, 0.29) is 24.3 Å². The van der Waals surface area contributed by atoms with Gasteiger partial charge in [0.2, 0.25) is 0 Å². The van der Waals surface area contributed by atoms with Gasteiger partial charge in [-0.25, -0.2) is 9.07 Å². The second-order valence-corrected chi connectivity index (χ2v) is 4.96. The molecule has 0 saturated heterocycles. The quantitative estimate of drug-likeness (QED) is 0.756. The van der Waals surface area contributed by atoms with Crippen molar-refractivity contribution in [2.75, 3.05) is 20.8 Å². The van der Waals surface area contributed by atoms with E-state index in [1.54, 1.807) is 12.1 Å². The van der Waals surface area contributed by atoms with Gasteiger partial charge in [0.05, 0.1) is 13.1 Å². The van der Waals surface area contributed by atoms with E-state index < -0.39 is 18.0 Å². The molecule has 0 radical (unpaired) electrons. The molecule has 0 atom stereocenters. The molecule has 128 valence electrons. The van der Waals surface area contributed by atoms with Crippen molar-refractivity contribution in [3.8, 4) is 0 Å². The molecule has 1 amide bonds. The van der Waals surface area contributed by atoms with Crippen LogP contribution in [0.25, 0.3) is 0 Å². The number of benzene rings is 1. The van der Waals surface area contributed by atoms with Crippen LogP contribution in [-0.2, 0) is 16.0 Å². The first-order valence-corrected chi connectivity index (χ1v) is 7.20. The molecule has 1 heterocycles. The molecule has 0 bridgehead atoms. The summed E-state index contributed by atoms with van der Waals surface area (Å²) in [6.45, 7) is 0.201. The van der Waals surface area contributed by atoms with E-state index >= 15 is 0 Å². The number of hydrogen-bond donors (Lipinski definition) is 1. The van der Waals surface area contributed by atoms with Gasteiger partial charge in [0.1, 0.15) is 11.5 Å². The van der Waals surface area contributed by atoms with E-state index in [0.717, 1.165) is 4.68 Å². The number of nitrogens with one attached hydrogen (secondary N) is 1. The molecule has 0 saturated carbocycles. The van der Waals surface area contributed by atoms with Crippen LogP contribution in [0.3, 0.4) is 0 Å². The molecule has 0 aliphatic rings. The van der Waals surface area contributed by atoms with Gasteiger partial charge in [0.15, 0.2) is 6.29 Å². The third-order valence-corrected chi connectivity index (χ3v) is 3.28. The summed E-state index contributed by atoms with van der Waals surface area (Å²) >= 11 is 0. The van der Waals surface area contributed by atoms with Crippen LogP contribution in [0.2, 0.25) is 0 Å². The zero-order chi connectivity index (χ0) is 17.5. The average molecular weight is 335 g/mol. The number of hydrogen-bond acceptors (Lipinski definition) is 5. The Labute approximate surface area is 138 Å². The molecule has 2 aromatic rings. The summed E-state index contributed by atoms with van der Waals surface area (Å²) in [5.41, 5.74) is 0.250. The van der Waals surface area contributed by atoms with Crippen molar-refractivity contribution in [2.45, 2.75) is 12.8 Å². The minimum absolute atomic E-state index is 0.0660. The Morgan fingerprint density at radius 3 is 2.71 bits per heavy atom. The normalized spacial score (nSPS) is 10.8. The SMILES string of the molecule is COC(CNC(=O)c1ccc(=O)n(Cc2cccc(F)c2)n1)OC. The molecule has 1 aromatic carbocycles. The molecule has 7 nitrogen and oxygen atoms in total. The summed E-state index contributed by atoms with van der Waals surface area (Å²) < 4.78 is 24.3. The number of ether oxygens (including phenoxy) is 2. The number of nitrogens with zero attached hydrogens (tertiary/aromatic N) is 2. The van der Waals surface area contributed by atoms with Gasteiger partial charge in [-0.3, -0.25) is 9.59 Å². The van der Waals surface area contributed by atoms with Crippen LogP contribution in [0.4, 0.5) is 4.39 Å². The Balaban J connectivity index is 2.13. The maximum Gasteiger partial charge on any atom is 0.271 e. The van der Waals surface area contributed by atoms with Crippen molar-refractivity contribution >= 4 is 5.91 Å². The number of carbonyl (C=O) groups is 1.